The van der Waals surface area contributed by atoms with Crippen LogP contribution in [0.1, 0.15) is 31.2 Å². The van der Waals surface area contributed by atoms with Gasteiger partial charge in [-0.1, -0.05) is 18.9 Å². The number of rotatable bonds is 5. The standard InChI is InChI=1S/C23H30N6O3/c30-23(25-18-19-5-10-22(24-17-19)27-11-3-1-2-4-12-27)28-15-13-26(14-16-28)20-6-8-21(9-7-20)29(31)32/h5-10,17H,1-4,11-16,18H2,(H,25,30). The highest BCUT2D eigenvalue weighted by Crippen LogP contribution is 2.21. The lowest BCUT2D eigenvalue weighted by Crippen LogP contribution is -2.51. The van der Waals surface area contributed by atoms with E-state index in [0.29, 0.717) is 32.7 Å². The van der Waals surface area contributed by atoms with E-state index in [9.17, 15) is 14.9 Å². The van der Waals surface area contributed by atoms with Crippen LogP contribution in [-0.4, -0.2) is 60.1 Å². The Hall–Kier alpha value is -3.36. The molecule has 2 aliphatic heterocycles. The van der Waals surface area contributed by atoms with Crippen LogP contribution in [0, 0.1) is 10.1 Å². The van der Waals surface area contributed by atoms with E-state index in [2.05, 4.69) is 26.2 Å². The van der Waals surface area contributed by atoms with Crippen LogP contribution in [0.25, 0.3) is 0 Å². The van der Waals surface area contributed by atoms with Gasteiger partial charge in [0.05, 0.1) is 4.92 Å². The van der Waals surface area contributed by atoms with E-state index in [-0.39, 0.29) is 11.7 Å². The summed E-state index contributed by atoms with van der Waals surface area (Å²) < 4.78 is 0. The number of aromatic nitrogens is 1. The molecule has 0 bridgehead atoms. The molecular weight excluding hydrogens is 408 g/mol. The number of carbonyl (C=O) groups is 1. The second kappa shape index (κ2) is 10.3. The van der Waals surface area contributed by atoms with Gasteiger partial charge in [0.25, 0.3) is 5.69 Å². The minimum absolute atomic E-state index is 0.0788. The van der Waals surface area contributed by atoms with Gasteiger partial charge in [0.15, 0.2) is 0 Å². The molecule has 1 N–H and O–H groups in total. The van der Waals surface area contributed by atoms with E-state index >= 15 is 0 Å². The molecule has 2 saturated heterocycles. The molecule has 0 atom stereocenters. The smallest absolute Gasteiger partial charge is 0.317 e. The number of carbonyl (C=O) groups excluding carboxylic acids is 1. The van der Waals surface area contributed by atoms with Crippen LogP contribution >= 0.6 is 0 Å². The van der Waals surface area contributed by atoms with E-state index in [4.69, 9.17) is 0 Å². The number of nitro groups is 1. The lowest BCUT2D eigenvalue weighted by atomic mass is 10.2. The van der Waals surface area contributed by atoms with Gasteiger partial charge in [0.1, 0.15) is 5.82 Å². The normalized spacial score (nSPS) is 17.1. The Morgan fingerprint density at radius 3 is 2.19 bits per heavy atom. The lowest BCUT2D eigenvalue weighted by Gasteiger charge is -2.36. The van der Waals surface area contributed by atoms with Gasteiger partial charge in [-0.05, 0) is 36.6 Å². The molecule has 9 nitrogen and oxygen atoms in total. The zero-order chi connectivity index (χ0) is 22.3. The number of non-ortho nitro benzene ring substituents is 1. The number of amides is 2. The fraction of sp³-hybridized carbons (Fsp3) is 0.478. The molecule has 2 amide bonds. The van der Waals surface area contributed by atoms with E-state index in [1.807, 2.05) is 12.3 Å². The number of hydrogen-bond donors (Lipinski definition) is 1. The number of nitrogens with zero attached hydrogens (tertiary/aromatic N) is 5. The quantitative estimate of drug-likeness (QED) is 0.568. The Bertz CT molecular complexity index is 902. The summed E-state index contributed by atoms with van der Waals surface area (Å²) in [5.74, 6) is 1.02. The number of anilines is 2. The van der Waals surface area contributed by atoms with Crippen molar-refractivity contribution in [3.8, 4) is 0 Å². The molecule has 1 aromatic carbocycles. The average molecular weight is 439 g/mol. The average Bonchev–Trinajstić information content (AvgIpc) is 3.13. The fourth-order valence-corrected chi connectivity index (χ4v) is 4.25. The van der Waals surface area contributed by atoms with Gasteiger partial charge >= 0.3 is 6.03 Å². The first-order valence-electron chi connectivity index (χ1n) is 11.3. The van der Waals surface area contributed by atoms with Gasteiger partial charge < -0.3 is 20.0 Å². The number of urea groups is 1. The van der Waals surface area contributed by atoms with Crippen molar-refractivity contribution >= 4 is 23.2 Å². The van der Waals surface area contributed by atoms with Crippen LogP contribution in [0.2, 0.25) is 0 Å². The summed E-state index contributed by atoms with van der Waals surface area (Å²) in [5, 5.41) is 13.8. The summed E-state index contributed by atoms with van der Waals surface area (Å²) in [7, 11) is 0. The van der Waals surface area contributed by atoms with Gasteiger partial charge in [-0.3, -0.25) is 10.1 Å². The predicted octanol–water partition coefficient (Wildman–Crippen LogP) is 3.40. The third-order valence-corrected chi connectivity index (χ3v) is 6.18. The van der Waals surface area contributed by atoms with Crippen LogP contribution in [0.15, 0.2) is 42.6 Å². The summed E-state index contributed by atoms with van der Waals surface area (Å²) in [4.78, 5) is 33.9. The van der Waals surface area contributed by atoms with Crippen molar-refractivity contribution in [3.63, 3.8) is 0 Å². The Morgan fingerprint density at radius 1 is 0.906 bits per heavy atom. The van der Waals surface area contributed by atoms with E-state index in [1.165, 1.54) is 37.8 Å². The number of benzene rings is 1. The van der Waals surface area contributed by atoms with Crippen molar-refractivity contribution in [1.82, 2.24) is 15.2 Å². The predicted molar refractivity (Wildman–Crippen MR) is 124 cm³/mol. The van der Waals surface area contributed by atoms with Crippen LogP contribution in [0.5, 0.6) is 0 Å². The first-order valence-corrected chi connectivity index (χ1v) is 11.3. The molecule has 0 spiro atoms. The third kappa shape index (κ3) is 5.46. The van der Waals surface area contributed by atoms with Crippen molar-refractivity contribution in [2.45, 2.75) is 32.2 Å². The molecule has 2 aromatic rings. The van der Waals surface area contributed by atoms with Gasteiger partial charge in [-0.15, -0.1) is 0 Å². The molecule has 9 heteroatoms. The SMILES string of the molecule is O=C(NCc1ccc(N2CCCCCC2)nc1)N1CCN(c2ccc([N+](=O)[O-])cc2)CC1. The van der Waals surface area contributed by atoms with E-state index < -0.39 is 4.92 Å². The van der Waals surface area contributed by atoms with Crippen molar-refractivity contribution in [2.75, 3.05) is 49.1 Å². The highest BCUT2D eigenvalue weighted by atomic mass is 16.6. The molecule has 0 saturated carbocycles. The summed E-state index contributed by atoms with van der Waals surface area (Å²) in [6.07, 6.45) is 6.88. The zero-order valence-corrected chi connectivity index (χ0v) is 18.3. The zero-order valence-electron chi connectivity index (χ0n) is 18.3. The number of hydrogen-bond acceptors (Lipinski definition) is 6. The molecule has 3 heterocycles. The molecule has 2 aliphatic rings. The van der Waals surface area contributed by atoms with Crippen LogP contribution in [-0.2, 0) is 6.54 Å². The highest BCUT2D eigenvalue weighted by Gasteiger charge is 2.21. The molecule has 2 fully saturated rings. The molecule has 4 rings (SSSR count). The summed E-state index contributed by atoms with van der Waals surface area (Å²) in [6, 6.07) is 10.6. The molecule has 32 heavy (non-hydrogen) atoms. The minimum Gasteiger partial charge on any atom is -0.368 e. The molecule has 170 valence electrons. The lowest BCUT2D eigenvalue weighted by molar-refractivity contribution is -0.384. The maximum absolute atomic E-state index is 12.6. The molecule has 0 unspecified atom stereocenters. The number of piperazine rings is 1. The summed E-state index contributed by atoms with van der Waals surface area (Å²) in [6.45, 7) is 5.18. The fourth-order valence-electron chi connectivity index (χ4n) is 4.25. The highest BCUT2D eigenvalue weighted by molar-refractivity contribution is 5.74. The van der Waals surface area contributed by atoms with E-state index in [1.54, 1.807) is 17.0 Å². The van der Waals surface area contributed by atoms with Gasteiger partial charge in [-0.2, -0.15) is 0 Å². The topological polar surface area (TPSA) is 94.9 Å². The maximum Gasteiger partial charge on any atom is 0.317 e. The van der Waals surface area contributed by atoms with Crippen molar-refractivity contribution in [1.29, 1.82) is 0 Å². The monoisotopic (exact) mass is 438 g/mol. The Morgan fingerprint density at radius 2 is 1.59 bits per heavy atom. The van der Waals surface area contributed by atoms with Gasteiger partial charge in [-0.25, -0.2) is 9.78 Å². The van der Waals surface area contributed by atoms with Crippen LogP contribution in [0.3, 0.4) is 0 Å². The number of nitrogens with one attached hydrogen (secondary N) is 1. The maximum atomic E-state index is 12.6. The first-order chi connectivity index (χ1) is 15.6. The minimum atomic E-state index is -0.399. The summed E-state index contributed by atoms with van der Waals surface area (Å²) >= 11 is 0. The molecule has 0 radical (unpaired) electrons. The molecular formula is C23H30N6O3. The van der Waals surface area contributed by atoms with Crippen molar-refractivity contribution in [2.24, 2.45) is 0 Å². The van der Waals surface area contributed by atoms with Crippen LogP contribution < -0.4 is 15.1 Å². The number of pyridine rings is 1. The van der Waals surface area contributed by atoms with Crippen molar-refractivity contribution in [3.05, 3.63) is 58.3 Å². The second-order valence-electron chi connectivity index (χ2n) is 8.33. The Balaban J connectivity index is 1.23. The summed E-state index contributed by atoms with van der Waals surface area (Å²) in [5.41, 5.74) is 2.01. The van der Waals surface area contributed by atoms with Gasteiger partial charge in [0.2, 0.25) is 0 Å². The Labute approximate surface area is 188 Å². The first kappa shape index (κ1) is 21.9. The second-order valence-corrected chi connectivity index (χ2v) is 8.33. The molecule has 0 aliphatic carbocycles. The van der Waals surface area contributed by atoms with Crippen molar-refractivity contribution < 1.29 is 9.72 Å². The van der Waals surface area contributed by atoms with Gasteiger partial charge in [0, 0.05) is 69.8 Å². The van der Waals surface area contributed by atoms with Crippen LogP contribution in [0.4, 0.5) is 22.0 Å². The third-order valence-electron chi connectivity index (χ3n) is 6.18. The number of nitro benzene ring substituents is 1. The largest absolute Gasteiger partial charge is 0.368 e. The molecule has 1 aromatic heterocycles. The Kier molecular flexibility index (Phi) is 7.03. The van der Waals surface area contributed by atoms with E-state index in [0.717, 1.165) is 30.2 Å².